The van der Waals surface area contributed by atoms with Gasteiger partial charge in [0.25, 0.3) is 0 Å². The van der Waals surface area contributed by atoms with Crippen molar-refractivity contribution in [3.8, 4) is 6.07 Å². The average Bonchev–Trinajstić information content (AvgIpc) is 2.28. The fourth-order valence-corrected chi connectivity index (χ4v) is 4.34. The largest absolute Gasteiger partial charge is 0.311 e. The zero-order chi connectivity index (χ0) is 13.2. The molecule has 1 aliphatic carbocycles. The van der Waals surface area contributed by atoms with Crippen molar-refractivity contribution in [2.45, 2.75) is 62.3 Å². The molecule has 1 heterocycles. The summed E-state index contributed by atoms with van der Waals surface area (Å²) in [5.74, 6) is 0. The van der Waals surface area contributed by atoms with Gasteiger partial charge in [-0.1, -0.05) is 6.92 Å². The Morgan fingerprint density at radius 2 is 2.28 bits per heavy atom. The topological polar surface area (TPSA) is 82.0 Å². The van der Waals surface area contributed by atoms with Gasteiger partial charge in [0.2, 0.25) is 10.0 Å². The summed E-state index contributed by atoms with van der Waals surface area (Å²) in [6.45, 7) is 2.58. The lowest BCUT2D eigenvalue weighted by atomic mass is 9.70. The third-order valence-electron chi connectivity index (χ3n) is 4.16. The molecule has 102 valence electrons. The molecule has 0 aromatic rings. The molecular weight excluding hydrogens is 250 g/mol. The molecule has 18 heavy (non-hydrogen) atoms. The Balaban J connectivity index is 1.99. The van der Waals surface area contributed by atoms with E-state index in [4.69, 9.17) is 5.26 Å². The summed E-state index contributed by atoms with van der Waals surface area (Å²) >= 11 is 0. The summed E-state index contributed by atoms with van der Waals surface area (Å²) in [4.78, 5) is 0. The van der Waals surface area contributed by atoms with Crippen LogP contribution in [0.25, 0.3) is 0 Å². The first-order valence-corrected chi connectivity index (χ1v) is 8.22. The van der Waals surface area contributed by atoms with Gasteiger partial charge in [-0.05, 0) is 45.1 Å². The molecule has 1 saturated carbocycles. The number of nitrogens with zero attached hydrogens (tertiary/aromatic N) is 1. The van der Waals surface area contributed by atoms with Gasteiger partial charge in [-0.3, -0.25) is 0 Å². The highest BCUT2D eigenvalue weighted by atomic mass is 32.2. The minimum Gasteiger partial charge on any atom is -0.311 e. The van der Waals surface area contributed by atoms with Crippen molar-refractivity contribution in [3.63, 3.8) is 0 Å². The zero-order valence-corrected chi connectivity index (χ0v) is 11.6. The molecule has 2 N–H and O–H groups in total. The fraction of sp³-hybridized carbons (Fsp3) is 0.917. The monoisotopic (exact) mass is 271 g/mol. The van der Waals surface area contributed by atoms with Crippen molar-refractivity contribution in [2.75, 3.05) is 6.54 Å². The van der Waals surface area contributed by atoms with Gasteiger partial charge in [-0.15, -0.1) is 0 Å². The van der Waals surface area contributed by atoms with Crippen molar-refractivity contribution in [1.82, 2.24) is 10.0 Å². The van der Waals surface area contributed by atoms with Gasteiger partial charge in [-0.2, -0.15) is 5.26 Å². The molecule has 5 nitrogen and oxygen atoms in total. The molecule has 0 aromatic carbocycles. The van der Waals surface area contributed by atoms with Crippen LogP contribution in [0.5, 0.6) is 0 Å². The Labute approximate surface area is 109 Å². The summed E-state index contributed by atoms with van der Waals surface area (Å²) in [6.07, 6.45) is 5.50. The van der Waals surface area contributed by atoms with Crippen molar-refractivity contribution in [2.24, 2.45) is 0 Å². The molecule has 2 unspecified atom stereocenters. The molecule has 6 heteroatoms. The van der Waals surface area contributed by atoms with Gasteiger partial charge in [0, 0.05) is 11.6 Å². The summed E-state index contributed by atoms with van der Waals surface area (Å²) in [5, 5.41) is 11.4. The van der Waals surface area contributed by atoms with E-state index < -0.39 is 15.3 Å². The molecule has 2 rings (SSSR count). The van der Waals surface area contributed by atoms with Crippen LogP contribution in [-0.2, 0) is 10.0 Å². The van der Waals surface area contributed by atoms with Crippen molar-refractivity contribution < 1.29 is 8.42 Å². The normalized spacial score (nSPS) is 28.3. The third kappa shape index (κ3) is 2.68. The van der Waals surface area contributed by atoms with E-state index in [0.717, 1.165) is 32.2 Å². The van der Waals surface area contributed by atoms with Gasteiger partial charge in [-0.25, -0.2) is 13.1 Å². The Morgan fingerprint density at radius 1 is 1.56 bits per heavy atom. The molecule has 1 aliphatic heterocycles. The van der Waals surface area contributed by atoms with Crippen LogP contribution in [0.2, 0.25) is 0 Å². The maximum Gasteiger partial charge on any atom is 0.228 e. The quantitative estimate of drug-likeness (QED) is 0.795. The smallest absolute Gasteiger partial charge is 0.228 e. The van der Waals surface area contributed by atoms with Crippen molar-refractivity contribution >= 4 is 10.0 Å². The molecule has 0 bridgehead atoms. The Hall–Kier alpha value is -0.640. The number of hydrogen-bond donors (Lipinski definition) is 2. The first-order chi connectivity index (χ1) is 8.51. The predicted molar refractivity (Wildman–Crippen MR) is 69.4 cm³/mol. The van der Waals surface area contributed by atoms with E-state index in [9.17, 15) is 8.42 Å². The summed E-state index contributed by atoms with van der Waals surface area (Å²) < 4.78 is 26.8. The van der Waals surface area contributed by atoms with Crippen LogP contribution in [0.4, 0.5) is 0 Å². The molecule has 0 amide bonds. The van der Waals surface area contributed by atoms with Crippen LogP contribution in [0.3, 0.4) is 0 Å². The molecule has 2 atom stereocenters. The maximum atomic E-state index is 12.0. The third-order valence-corrected chi connectivity index (χ3v) is 6.01. The lowest BCUT2D eigenvalue weighted by molar-refractivity contribution is 0.126. The van der Waals surface area contributed by atoms with E-state index in [1.54, 1.807) is 6.92 Å². The van der Waals surface area contributed by atoms with Crippen LogP contribution in [0.15, 0.2) is 0 Å². The maximum absolute atomic E-state index is 12.0. The number of nitrogens with one attached hydrogen (secondary N) is 2. The standard InChI is InChI=1S/C12H21N3O2S/c1-2-11(9-13)18(16,17)15-10-4-7-14-12(8-10)5-3-6-12/h10-11,14-15H,2-8H2,1H3. The van der Waals surface area contributed by atoms with Crippen LogP contribution in [-0.4, -0.2) is 31.8 Å². The van der Waals surface area contributed by atoms with Crippen LogP contribution in [0.1, 0.15) is 45.4 Å². The second-order valence-corrected chi connectivity index (χ2v) is 7.33. The van der Waals surface area contributed by atoms with Crippen molar-refractivity contribution in [1.29, 1.82) is 5.26 Å². The zero-order valence-electron chi connectivity index (χ0n) is 10.8. The minimum absolute atomic E-state index is 0.0149. The van der Waals surface area contributed by atoms with Crippen LogP contribution in [0, 0.1) is 11.3 Å². The molecule has 0 radical (unpaired) electrons. The fourth-order valence-electron chi connectivity index (χ4n) is 2.94. The first-order valence-electron chi connectivity index (χ1n) is 6.67. The Bertz CT molecular complexity index is 437. The second kappa shape index (κ2) is 5.16. The van der Waals surface area contributed by atoms with E-state index >= 15 is 0 Å². The van der Waals surface area contributed by atoms with Gasteiger partial charge in [0.1, 0.15) is 0 Å². The highest BCUT2D eigenvalue weighted by molar-refractivity contribution is 7.90. The van der Waals surface area contributed by atoms with E-state index in [0.29, 0.717) is 6.42 Å². The highest BCUT2D eigenvalue weighted by Gasteiger charge is 2.42. The lowest BCUT2D eigenvalue weighted by Crippen LogP contribution is -2.60. The first kappa shape index (κ1) is 13.8. The highest BCUT2D eigenvalue weighted by Crippen LogP contribution is 2.38. The van der Waals surface area contributed by atoms with Crippen LogP contribution < -0.4 is 10.0 Å². The van der Waals surface area contributed by atoms with E-state index in [1.807, 2.05) is 6.07 Å². The summed E-state index contributed by atoms with van der Waals surface area (Å²) in [5.41, 5.74) is 0.166. The molecule has 2 aliphatic rings. The summed E-state index contributed by atoms with van der Waals surface area (Å²) in [7, 11) is -3.50. The van der Waals surface area contributed by atoms with E-state index in [1.165, 1.54) is 6.42 Å². The second-order valence-electron chi connectivity index (χ2n) is 5.44. The molecule has 2 fully saturated rings. The number of hydrogen-bond acceptors (Lipinski definition) is 4. The molecule has 0 aromatic heterocycles. The SMILES string of the molecule is CCC(C#N)S(=O)(=O)NC1CCNC2(CCC2)C1. The van der Waals surface area contributed by atoms with Gasteiger partial charge in [0.05, 0.1) is 6.07 Å². The number of nitriles is 1. The van der Waals surface area contributed by atoms with Crippen molar-refractivity contribution in [3.05, 3.63) is 0 Å². The molecular formula is C12H21N3O2S. The Kier molecular flexibility index (Phi) is 3.95. The average molecular weight is 271 g/mol. The number of rotatable bonds is 4. The lowest BCUT2D eigenvalue weighted by Gasteiger charge is -2.48. The Morgan fingerprint density at radius 3 is 2.78 bits per heavy atom. The van der Waals surface area contributed by atoms with Gasteiger partial charge >= 0.3 is 0 Å². The van der Waals surface area contributed by atoms with Gasteiger partial charge < -0.3 is 5.32 Å². The predicted octanol–water partition coefficient (Wildman–Crippen LogP) is 0.883. The van der Waals surface area contributed by atoms with Gasteiger partial charge in [0.15, 0.2) is 5.25 Å². The molecule has 1 spiro atoms. The number of sulfonamides is 1. The summed E-state index contributed by atoms with van der Waals surface area (Å²) in [6, 6.07) is 1.85. The van der Waals surface area contributed by atoms with E-state index in [2.05, 4.69) is 10.0 Å². The van der Waals surface area contributed by atoms with E-state index in [-0.39, 0.29) is 11.6 Å². The number of piperidine rings is 1. The minimum atomic E-state index is -3.50. The molecule has 1 saturated heterocycles. The van der Waals surface area contributed by atoms with Crippen LogP contribution >= 0.6 is 0 Å².